The second kappa shape index (κ2) is 3.07. The highest BCUT2D eigenvalue weighted by Gasteiger charge is 2.08. The Labute approximate surface area is 82.8 Å². The van der Waals surface area contributed by atoms with E-state index in [0.29, 0.717) is 0 Å². The fourth-order valence-corrected chi connectivity index (χ4v) is 1.84. The Morgan fingerprint density at radius 3 is 3.00 bits per heavy atom. The molecular formula is C9H9N2O2P. The van der Waals surface area contributed by atoms with Crippen molar-refractivity contribution in [2.45, 2.75) is 6.92 Å². The summed E-state index contributed by atoms with van der Waals surface area (Å²) in [6.45, 7) is 1.93. The van der Waals surface area contributed by atoms with Crippen molar-refractivity contribution in [3.63, 3.8) is 0 Å². The molecule has 0 fully saturated rings. The fourth-order valence-electron chi connectivity index (χ4n) is 1.41. The van der Waals surface area contributed by atoms with Gasteiger partial charge in [-0.2, -0.15) is 0 Å². The van der Waals surface area contributed by atoms with E-state index < -0.39 is 5.97 Å². The topological polar surface area (TPSA) is 55.1 Å². The first kappa shape index (κ1) is 9.16. The average Bonchev–Trinajstić information content (AvgIpc) is 2.42. The minimum atomic E-state index is -0.949. The van der Waals surface area contributed by atoms with Crippen LogP contribution in [0.5, 0.6) is 0 Å². The minimum absolute atomic E-state index is 0.219. The molecule has 0 aliphatic rings. The molecule has 72 valence electrons. The molecule has 0 aliphatic heterocycles. The highest BCUT2D eigenvalue weighted by molar-refractivity contribution is 7.14. The summed E-state index contributed by atoms with van der Waals surface area (Å²) in [6.07, 6.45) is 3.26. The molecule has 1 N–H and O–H groups in total. The lowest BCUT2D eigenvalue weighted by molar-refractivity contribution is 0.0696. The molecule has 0 bridgehead atoms. The Kier molecular flexibility index (Phi) is 2.01. The van der Waals surface area contributed by atoms with Crippen molar-refractivity contribution in [2.24, 2.45) is 0 Å². The van der Waals surface area contributed by atoms with Crippen LogP contribution in [0.15, 0.2) is 18.5 Å². The van der Waals surface area contributed by atoms with Gasteiger partial charge in [-0.1, -0.05) is 0 Å². The molecule has 2 heterocycles. The number of nitrogens with zero attached hydrogens (tertiary/aromatic N) is 2. The monoisotopic (exact) mass is 208 g/mol. The number of aryl methyl sites for hydroxylation is 1. The number of carboxylic acids is 1. The number of carbonyl (C=O) groups is 1. The van der Waals surface area contributed by atoms with E-state index in [1.807, 2.05) is 13.1 Å². The molecule has 14 heavy (non-hydrogen) atoms. The summed E-state index contributed by atoms with van der Waals surface area (Å²) in [5.74, 6) is -0.949. The lowest BCUT2D eigenvalue weighted by Crippen LogP contribution is -1.97. The zero-order valence-corrected chi connectivity index (χ0v) is 8.71. The third kappa shape index (κ3) is 1.28. The standard InChI is InChI=1S/C9H9N2O2P/c1-5-4-11(14)8-7(5)2-6(3-10-8)9(12)13/h2-4H,14H2,1H3,(H,12,13). The van der Waals surface area contributed by atoms with E-state index in [1.165, 1.54) is 6.20 Å². The van der Waals surface area contributed by atoms with Gasteiger partial charge in [-0.3, -0.25) is 0 Å². The highest BCUT2D eigenvalue weighted by Crippen LogP contribution is 2.21. The van der Waals surface area contributed by atoms with Crippen molar-refractivity contribution in [3.8, 4) is 0 Å². The van der Waals surface area contributed by atoms with E-state index in [1.54, 1.807) is 10.4 Å². The number of aromatic nitrogens is 2. The van der Waals surface area contributed by atoms with Gasteiger partial charge in [0.2, 0.25) is 0 Å². The third-order valence-electron chi connectivity index (χ3n) is 2.12. The van der Waals surface area contributed by atoms with Crippen LogP contribution < -0.4 is 0 Å². The van der Waals surface area contributed by atoms with Crippen molar-refractivity contribution >= 4 is 26.4 Å². The van der Waals surface area contributed by atoms with Crippen molar-refractivity contribution in [3.05, 3.63) is 29.6 Å². The van der Waals surface area contributed by atoms with E-state index in [-0.39, 0.29) is 5.56 Å². The second-order valence-electron chi connectivity index (χ2n) is 3.12. The first-order chi connectivity index (χ1) is 6.59. The predicted molar refractivity (Wildman–Crippen MR) is 56.5 cm³/mol. The number of fused-ring (bicyclic) bond motifs is 1. The number of hydrogen-bond acceptors (Lipinski definition) is 2. The summed E-state index contributed by atoms with van der Waals surface area (Å²) in [5, 5.41) is 9.66. The molecule has 0 amide bonds. The Bertz CT molecular complexity index is 519. The van der Waals surface area contributed by atoms with Gasteiger partial charge >= 0.3 is 5.97 Å². The van der Waals surface area contributed by atoms with E-state index in [2.05, 4.69) is 14.4 Å². The lowest BCUT2D eigenvalue weighted by atomic mass is 10.2. The fraction of sp³-hybridized carbons (Fsp3) is 0.111. The number of aromatic carboxylic acids is 1. The van der Waals surface area contributed by atoms with Crippen LogP contribution in [0.3, 0.4) is 0 Å². The van der Waals surface area contributed by atoms with E-state index in [4.69, 9.17) is 5.11 Å². The molecule has 0 spiro atoms. The van der Waals surface area contributed by atoms with Gasteiger partial charge in [0.05, 0.1) is 5.56 Å². The van der Waals surface area contributed by atoms with Crippen LogP contribution in [0, 0.1) is 6.92 Å². The van der Waals surface area contributed by atoms with Crippen LogP contribution in [0.4, 0.5) is 0 Å². The van der Waals surface area contributed by atoms with Gasteiger partial charge in [0.15, 0.2) is 0 Å². The molecule has 0 saturated heterocycles. The number of pyridine rings is 1. The molecule has 2 aromatic rings. The quantitative estimate of drug-likeness (QED) is 0.725. The SMILES string of the molecule is Cc1cn(P)c2ncc(C(=O)O)cc12. The molecule has 5 heteroatoms. The first-order valence-corrected chi connectivity index (χ1v) is 4.57. The average molecular weight is 208 g/mol. The number of hydrogen-bond donors (Lipinski definition) is 1. The Balaban J connectivity index is 2.77. The van der Waals surface area contributed by atoms with Gasteiger partial charge in [0, 0.05) is 17.8 Å². The molecule has 0 aromatic carbocycles. The number of carboxylic acid groups (broad SMARTS) is 1. The summed E-state index contributed by atoms with van der Waals surface area (Å²) in [5.41, 5.74) is 2.01. The van der Waals surface area contributed by atoms with E-state index >= 15 is 0 Å². The van der Waals surface area contributed by atoms with Crippen LogP contribution in [0.1, 0.15) is 15.9 Å². The van der Waals surface area contributed by atoms with Crippen molar-refractivity contribution in [2.75, 3.05) is 0 Å². The largest absolute Gasteiger partial charge is 0.478 e. The molecule has 2 aromatic heterocycles. The van der Waals surface area contributed by atoms with Crippen molar-refractivity contribution < 1.29 is 9.90 Å². The van der Waals surface area contributed by atoms with Gasteiger partial charge in [-0.05, 0) is 27.9 Å². The predicted octanol–water partition coefficient (Wildman–Crippen LogP) is 1.68. The van der Waals surface area contributed by atoms with E-state index in [0.717, 1.165) is 16.6 Å². The minimum Gasteiger partial charge on any atom is -0.478 e. The number of rotatable bonds is 1. The molecule has 4 nitrogen and oxygen atoms in total. The maximum Gasteiger partial charge on any atom is 0.337 e. The molecule has 0 radical (unpaired) electrons. The van der Waals surface area contributed by atoms with Crippen LogP contribution in [-0.4, -0.2) is 20.4 Å². The smallest absolute Gasteiger partial charge is 0.337 e. The Morgan fingerprint density at radius 1 is 1.64 bits per heavy atom. The summed E-state index contributed by atoms with van der Waals surface area (Å²) >= 11 is 0. The van der Waals surface area contributed by atoms with Crippen LogP contribution in [0.2, 0.25) is 0 Å². The summed E-state index contributed by atoms with van der Waals surface area (Å²) in [4.78, 5) is 14.8. The summed E-state index contributed by atoms with van der Waals surface area (Å²) in [7, 11) is 2.51. The molecule has 1 atom stereocenters. The molecule has 1 unspecified atom stereocenters. The Morgan fingerprint density at radius 2 is 2.36 bits per heavy atom. The zero-order chi connectivity index (χ0) is 10.3. The van der Waals surface area contributed by atoms with Gasteiger partial charge in [0.1, 0.15) is 5.65 Å². The van der Waals surface area contributed by atoms with Gasteiger partial charge in [0.25, 0.3) is 0 Å². The molecular weight excluding hydrogens is 199 g/mol. The van der Waals surface area contributed by atoms with Crippen LogP contribution >= 0.6 is 9.39 Å². The first-order valence-electron chi connectivity index (χ1n) is 4.05. The lowest BCUT2D eigenvalue weighted by Gasteiger charge is -1.96. The second-order valence-corrected chi connectivity index (χ2v) is 3.68. The maximum atomic E-state index is 10.7. The normalized spacial score (nSPS) is 10.7. The van der Waals surface area contributed by atoms with E-state index in [9.17, 15) is 4.79 Å². The molecule has 0 aliphatic carbocycles. The van der Waals surface area contributed by atoms with Crippen molar-refractivity contribution in [1.82, 2.24) is 9.32 Å². The Hall–Kier alpha value is -1.41. The van der Waals surface area contributed by atoms with Crippen LogP contribution in [-0.2, 0) is 0 Å². The van der Waals surface area contributed by atoms with Crippen LogP contribution in [0.25, 0.3) is 11.0 Å². The van der Waals surface area contributed by atoms with Crippen molar-refractivity contribution in [1.29, 1.82) is 0 Å². The zero-order valence-electron chi connectivity index (χ0n) is 7.56. The molecule has 0 saturated carbocycles. The highest BCUT2D eigenvalue weighted by atomic mass is 31.0. The summed E-state index contributed by atoms with van der Waals surface area (Å²) < 4.78 is 1.80. The molecule has 2 rings (SSSR count). The van der Waals surface area contributed by atoms with Gasteiger partial charge < -0.3 is 9.44 Å². The maximum absolute atomic E-state index is 10.7. The van der Waals surface area contributed by atoms with Gasteiger partial charge in [-0.15, -0.1) is 0 Å². The third-order valence-corrected chi connectivity index (χ3v) is 2.51. The summed E-state index contributed by atoms with van der Waals surface area (Å²) in [6, 6.07) is 1.64. The van der Waals surface area contributed by atoms with Gasteiger partial charge in [-0.25, -0.2) is 9.78 Å².